The number of amides is 1. The molecular weight excluding hydrogens is 312 g/mol. The molecule has 2 aliphatic heterocycles. The Morgan fingerprint density at radius 1 is 0.920 bits per heavy atom. The minimum absolute atomic E-state index is 0.286. The predicted octanol–water partition coefficient (Wildman–Crippen LogP) is 2.92. The maximum atomic E-state index is 12.6. The highest BCUT2D eigenvalue weighted by molar-refractivity contribution is 5.80. The zero-order valence-electron chi connectivity index (χ0n) is 15.6. The molecule has 4 nitrogen and oxygen atoms in total. The molecule has 0 aromatic heterocycles. The molecule has 0 radical (unpaired) electrons. The highest BCUT2D eigenvalue weighted by Crippen LogP contribution is 2.43. The van der Waals surface area contributed by atoms with Crippen molar-refractivity contribution >= 4 is 5.91 Å². The van der Waals surface area contributed by atoms with E-state index in [1.165, 1.54) is 58.0 Å². The molecule has 5 fully saturated rings. The van der Waals surface area contributed by atoms with E-state index in [0.29, 0.717) is 17.7 Å². The summed E-state index contributed by atoms with van der Waals surface area (Å²) >= 11 is 0. The molecule has 2 saturated heterocycles. The van der Waals surface area contributed by atoms with E-state index >= 15 is 0 Å². The molecule has 2 heterocycles. The number of hydrogen-bond acceptors (Lipinski definition) is 3. The second kappa shape index (κ2) is 6.53. The van der Waals surface area contributed by atoms with Crippen LogP contribution >= 0.6 is 0 Å². The zero-order valence-corrected chi connectivity index (χ0v) is 15.6. The number of nitrogens with zero attached hydrogens (tertiary/aromatic N) is 2. The van der Waals surface area contributed by atoms with Crippen LogP contribution in [0.1, 0.15) is 57.8 Å². The van der Waals surface area contributed by atoms with Gasteiger partial charge in [0.05, 0.1) is 5.54 Å². The van der Waals surface area contributed by atoms with Gasteiger partial charge in [0.1, 0.15) is 0 Å². The van der Waals surface area contributed by atoms with E-state index in [1.807, 2.05) is 0 Å². The Balaban J connectivity index is 1.18. The summed E-state index contributed by atoms with van der Waals surface area (Å²) in [5.74, 6) is 3.32. The molecule has 1 spiro atoms. The molecule has 4 heteroatoms. The van der Waals surface area contributed by atoms with Crippen LogP contribution in [0.4, 0.5) is 0 Å². The SMILES string of the molecule is O=C(C1CCC1)N1CC2(C[C@H](COCC3CC3)CCN2CC2CC2)C1. The monoisotopic (exact) mass is 346 g/mol. The van der Waals surface area contributed by atoms with Crippen LogP contribution in [-0.2, 0) is 9.53 Å². The Bertz CT molecular complexity index is 504. The molecule has 0 aromatic carbocycles. The van der Waals surface area contributed by atoms with Gasteiger partial charge in [0.2, 0.25) is 5.91 Å². The van der Waals surface area contributed by atoms with Gasteiger partial charge in [-0.25, -0.2) is 0 Å². The number of carbonyl (C=O) groups excluding carboxylic acids is 1. The van der Waals surface area contributed by atoms with Gasteiger partial charge in [-0.3, -0.25) is 9.69 Å². The maximum absolute atomic E-state index is 12.6. The molecule has 5 aliphatic rings. The first-order chi connectivity index (χ1) is 12.2. The van der Waals surface area contributed by atoms with E-state index in [-0.39, 0.29) is 5.54 Å². The van der Waals surface area contributed by atoms with Crippen molar-refractivity contribution in [3.8, 4) is 0 Å². The van der Waals surface area contributed by atoms with E-state index in [2.05, 4.69) is 9.80 Å². The van der Waals surface area contributed by atoms with Crippen LogP contribution in [0, 0.1) is 23.7 Å². The van der Waals surface area contributed by atoms with Gasteiger partial charge in [0.25, 0.3) is 0 Å². The highest BCUT2D eigenvalue weighted by Gasteiger charge is 2.53. The summed E-state index contributed by atoms with van der Waals surface area (Å²) in [6.07, 6.45) is 11.6. The molecule has 0 unspecified atom stereocenters. The standard InChI is InChI=1S/C21H34N2O2/c24-20(19-2-1-3-19)22-14-21(15-22)10-18(13-25-12-17-6-7-17)8-9-23(21)11-16-4-5-16/h16-19H,1-15H2/t18-/m1/s1. The first-order valence-corrected chi connectivity index (χ1v) is 10.8. The normalized spacial score (nSPS) is 32.5. The van der Waals surface area contributed by atoms with E-state index in [4.69, 9.17) is 4.74 Å². The van der Waals surface area contributed by atoms with Crippen LogP contribution in [0.15, 0.2) is 0 Å². The molecule has 3 aliphatic carbocycles. The van der Waals surface area contributed by atoms with Crippen LogP contribution in [0.3, 0.4) is 0 Å². The predicted molar refractivity (Wildman–Crippen MR) is 97.2 cm³/mol. The summed E-state index contributed by atoms with van der Waals surface area (Å²) in [4.78, 5) is 17.5. The van der Waals surface area contributed by atoms with E-state index < -0.39 is 0 Å². The fraction of sp³-hybridized carbons (Fsp3) is 0.952. The lowest BCUT2D eigenvalue weighted by Gasteiger charge is -2.60. The fourth-order valence-corrected chi connectivity index (χ4v) is 5.13. The lowest BCUT2D eigenvalue weighted by molar-refractivity contribution is -0.160. The van der Waals surface area contributed by atoms with Crippen molar-refractivity contribution < 1.29 is 9.53 Å². The minimum atomic E-state index is 0.286. The first kappa shape index (κ1) is 16.6. The van der Waals surface area contributed by atoms with Crippen LogP contribution in [-0.4, -0.2) is 60.6 Å². The van der Waals surface area contributed by atoms with Crippen molar-refractivity contribution in [1.29, 1.82) is 0 Å². The molecule has 0 aromatic rings. The lowest BCUT2D eigenvalue weighted by atomic mass is 9.73. The van der Waals surface area contributed by atoms with Crippen molar-refractivity contribution in [2.24, 2.45) is 23.7 Å². The Morgan fingerprint density at radius 2 is 1.64 bits per heavy atom. The third-order valence-electron chi connectivity index (χ3n) is 7.46. The molecule has 1 atom stereocenters. The number of piperidine rings is 1. The number of carbonyl (C=O) groups is 1. The summed E-state index contributed by atoms with van der Waals surface area (Å²) in [5.41, 5.74) is 0.286. The molecular formula is C21H34N2O2. The molecule has 5 rings (SSSR count). The van der Waals surface area contributed by atoms with Gasteiger partial charge in [0, 0.05) is 38.8 Å². The molecule has 1 amide bonds. The smallest absolute Gasteiger partial charge is 0.225 e. The third kappa shape index (κ3) is 3.49. The van der Waals surface area contributed by atoms with Crippen LogP contribution in [0.5, 0.6) is 0 Å². The average molecular weight is 347 g/mol. The van der Waals surface area contributed by atoms with Crippen molar-refractivity contribution in [2.75, 3.05) is 39.4 Å². The lowest BCUT2D eigenvalue weighted by Crippen LogP contribution is -2.74. The Morgan fingerprint density at radius 3 is 2.28 bits per heavy atom. The van der Waals surface area contributed by atoms with Gasteiger partial charge in [-0.2, -0.15) is 0 Å². The Kier molecular flexibility index (Phi) is 4.32. The first-order valence-electron chi connectivity index (χ1n) is 10.8. The van der Waals surface area contributed by atoms with Crippen LogP contribution in [0.2, 0.25) is 0 Å². The van der Waals surface area contributed by atoms with Crippen molar-refractivity contribution in [3.05, 3.63) is 0 Å². The second-order valence-electron chi connectivity index (χ2n) is 9.78. The number of ether oxygens (including phenoxy) is 1. The van der Waals surface area contributed by atoms with Gasteiger partial charge < -0.3 is 9.64 Å². The minimum Gasteiger partial charge on any atom is -0.381 e. The highest BCUT2D eigenvalue weighted by atomic mass is 16.5. The molecule has 25 heavy (non-hydrogen) atoms. The van der Waals surface area contributed by atoms with Crippen LogP contribution in [0.25, 0.3) is 0 Å². The summed E-state index contributed by atoms with van der Waals surface area (Å²) in [6, 6.07) is 0. The fourth-order valence-electron chi connectivity index (χ4n) is 5.13. The molecule has 3 saturated carbocycles. The summed E-state index contributed by atoms with van der Waals surface area (Å²) in [5, 5.41) is 0. The Hall–Kier alpha value is -0.610. The van der Waals surface area contributed by atoms with Gasteiger partial charge in [0.15, 0.2) is 0 Å². The topological polar surface area (TPSA) is 32.8 Å². The van der Waals surface area contributed by atoms with E-state index in [1.54, 1.807) is 0 Å². The van der Waals surface area contributed by atoms with Gasteiger partial charge >= 0.3 is 0 Å². The largest absolute Gasteiger partial charge is 0.381 e. The summed E-state index contributed by atoms with van der Waals surface area (Å²) in [6.45, 7) is 6.43. The van der Waals surface area contributed by atoms with Gasteiger partial charge in [-0.15, -0.1) is 0 Å². The quantitative estimate of drug-likeness (QED) is 0.710. The Labute approximate surface area is 152 Å². The van der Waals surface area contributed by atoms with Crippen LogP contribution < -0.4 is 0 Å². The van der Waals surface area contributed by atoms with Crippen molar-refractivity contribution in [1.82, 2.24) is 9.80 Å². The summed E-state index contributed by atoms with van der Waals surface area (Å²) < 4.78 is 6.03. The molecule has 0 bridgehead atoms. The number of rotatable bonds is 7. The maximum Gasteiger partial charge on any atom is 0.225 e. The van der Waals surface area contributed by atoms with Gasteiger partial charge in [-0.05, 0) is 75.7 Å². The number of hydrogen-bond donors (Lipinski definition) is 0. The second-order valence-corrected chi connectivity index (χ2v) is 9.78. The average Bonchev–Trinajstić information content (AvgIpc) is 3.39. The van der Waals surface area contributed by atoms with Gasteiger partial charge in [-0.1, -0.05) is 6.42 Å². The van der Waals surface area contributed by atoms with E-state index in [0.717, 1.165) is 51.0 Å². The van der Waals surface area contributed by atoms with Crippen molar-refractivity contribution in [2.45, 2.75) is 63.3 Å². The molecule has 0 N–H and O–H groups in total. The number of likely N-dealkylation sites (tertiary alicyclic amines) is 2. The molecule has 140 valence electrons. The van der Waals surface area contributed by atoms with E-state index in [9.17, 15) is 4.79 Å². The van der Waals surface area contributed by atoms with Crippen molar-refractivity contribution in [3.63, 3.8) is 0 Å². The third-order valence-corrected chi connectivity index (χ3v) is 7.46. The summed E-state index contributed by atoms with van der Waals surface area (Å²) in [7, 11) is 0. The zero-order chi connectivity index (χ0) is 16.9.